The van der Waals surface area contributed by atoms with Crippen LogP contribution in [0.25, 0.3) is 11.0 Å². The van der Waals surface area contributed by atoms with Crippen LogP contribution in [-0.2, 0) is 7.05 Å². The summed E-state index contributed by atoms with van der Waals surface area (Å²) in [5, 5.41) is 2.94. The topological polar surface area (TPSA) is 50.2 Å². The maximum absolute atomic E-state index is 12.4. The minimum Gasteiger partial charge on any atom is -0.372 e. The molecule has 3 aromatic rings. The highest BCUT2D eigenvalue weighted by molar-refractivity contribution is 6.06. The van der Waals surface area contributed by atoms with Crippen molar-refractivity contribution in [2.75, 3.05) is 23.3 Å². The molecule has 0 saturated heterocycles. The number of anilines is 2. The van der Waals surface area contributed by atoms with E-state index in [0.29, 0.717) is 5.56 Å². The van der Waals surface area contributed by atoms with Crippen LogP contribution in [0.1, 0.15) is 24.2 Å². The molecule has 0 radical (unpaired) electrons. The molecule has 2 aromatic carbocycles. The maximum atomic E-state index is 12.4. The molecule has 1 amide bonds. The Balaban J connectivity index is 1.75. The Hall–Kier alpha value is -2.82. The van der Waals surface area contributed by atoms with E-state index in [2.05, 4.69) is 29.0 Å². The van der Waals surface area contributed by atoms with Crippen LogP contribution in [0.3, 0.4) is 0 Å². The number of fused-ring (bicyclic) bond motifs is 1. The first-order valence-corrected chi connectivity index (χ1v) is 8.19. The van der Waals surface area contributed by atoms with Gasteiger partial charge in [0.1, 0.15) is 0 Å². The number of benzene rings is 2. The zero-order valence-corrected chi connectivity index (χ0v) is 14.3. The molecule has 0 aliphatic carbocycles. The molecular formula is C19H22N4O. The summed E-state index contributed by atoms with van der Waals surface area (Å²) in [4.78, 5) is 19.0. The molecule has 0 saturated carbocycles. The van der Waals surface area contributed by atoms with Crippen LogP contribution in [0.15, 0.2) is 48.8 Å². The van der Waals surface area contributed by atoms with E-state index in [4.69, 9.17) is 0 Å². The molecule has 0 aliphatic rings. The average molecular weight is 322 g/mol. The fourth-order valence-electron chi connectivity index (χ4n) is 2.82. The number of amides is 1. The van der Waals surface area contributed by atoms with Crippen molar-refractivity contribution in [1.29, 1.82) is 0 Å². The molecular weight excluding hydrogens is 300 g/mol. The smallest absolute Gasteiger partial charge is 0.255 e. The molecule has 0 atom stereocenters. The summed E-state index contributed by atoms with van der Waals surface area (Å²) in [6, 6.07) is 13.5. The highest BCUT2D eigenvalue weighted by Gasteiger charge is 2.09. The highest BCUT2D eigenvalue weighted by atomic mass is 16.1. The van der Waals surface area contributed by atoms with Gasteiger partial charge in [-0.1, -0.05) is 0 Å². The van der Waals surface area contributed by atoms with Crippen molar-refractivity contribution in [3.8, 4) is 0 Å². The lowest BCUT2D eigenvalue weighted by atomic mass is 10.1. The second-order valence-corrected chi connectivity index (χ2v) is 5.73. The van der Waals surface area contributed by atoms with Gasteiger partial charge in [-0.2, -0.15) is 0 Å². The van der Waals surface area contributed by atoms with Crippen LogP contribution in [-0.4, -0.2) is 28.5 Å². The Bertz CT molecular complexity index is 847. The van der Waals surface area contributed by atoms with Crippen molar-refractivity contribution >= 4 is 28.3 Å². The van der Waals surface area contributed by atoms with Gasteiger partial charge in [0.2, 0.25) is 0 Å². The molecule has 1 heterocycles. The van der Waals surface area contributed by atoms with Gasteiger partial charge < -0.3 is 14.8 Å². The second-order valence-electron chi connectivity index (χ2n) is 5.73. The molecule has 0 fully saturated rings. The largest absolute Gasteiger partial charge is 0.372 e. The van der Waals surface area contributed by atoms with Crippen LogP contribution in [0.4, 0.5) is 11.4 Å². The van der Waals surface area contributed by atoms with Gasteiger partial charge in [-0.3, -0.25) is 4.79 Å². The Kier molecular flexibility index (Phi) is 4.51. The predicted octanol–water partition coefficient (Wildman–Crippen LogP) is 3.67. The summed E-state index contributed by atoms with van der Waals surface area (Å²) in [5.74, 6) is -0.127. The van der Waals surface area contributed by atoms with Crippen molar-refractivity contribution in [2.24, 2.45) is 7.05 Å². The quantitative estimate of drug-likeness (QED) is 0.780. The van der Waals surface area contributed by atoms with Crippen LogP contribution >= 0.6 is 0 Å². The van der Waals surface area contributed by atoms with E-state index in [1.165, 1.54) is 0 Å². The molecule has 0 unspecified atom stereocenters. The Morgan fingerprint density at radius 3 is 2.50 bits per heavy atom. The summed E-state index contributed by atoms with van der Waals surface area (Å²) < 4.78 is 1.93. The average Bonchev–Trinajstić information content (AvgIpc) is 2.98. The first-order chi connectivity index (χ1) is 11.6. The zero-order chi connectivity index (χ0) is 17.1. The number of nitrogens with zero attached hydrogens (tertiary/aromatic N) is 3. The normalized spacial score (nSPS) is 10.8. The number of nitrogens with one attached hydrogen (secondary N) is 1. The minimum absolute atomic E-state index is 0.127. The molecule has 1 N–H and O–H groups in total. The van der Waals surface area contributed by atoms with E-state index in [-0.39, 0.29) is 5.91 Å². The second kappa shape index (κ2) is 6.74. The molecule has 124 valence electrons. The molecule has 24 heavy (non-hydrogen) atoms. The number of hydrogen-bond donors (Lipinski definition) is 1. The van der Waals surface area contributed by atoms with E-state index in [0.717, 1.165) is 35.5 Å². The van der Waals surface area contributed by atoms with Gasteiger partial charge in [-0.05, 0) is 56.3 Å². The Labute approximate surface area is 141 Å². The van der Waals surface area contributed by atoms with Gasteiger partial charge in [-0.25, -0.2) is 4.98 Å². The first-order valence-electron chi connectivity index (χ1n) is 8.19. The summed E-state index contributed by atoms with van der Waals surface area (Å²) in [7, 11) is 1.94. The number of rotatable bonds is 5. The third kappa shape index (κ3) is 3.11. The van der Waals surface area contributed by atoms with Gasteiger partial charge in [0.05, 0.1) is 17.4 Å². The van der Waals surface area contributed by atoms with Crippen molar-refractivity contribution < 1.29 is 4.79 Å². The lowest BCUT2D eigenvalue weighted by Crippen LogP contribution is -2.21. The monoisotopic (exact) mass is 322 g/mol. The van der Waals surface area contributed by atoms with E-state index in [1.807, 2.05) is 54.1 Å². The molecule has 5 nitrogen and oxygen atoms in total. The van der Waals surface area contributed by atoms with Crippen LogP contribution in [0.2, 0.25) is 0 Å². The SMILES string of the molecule is CCN(CC)c1ccc(NC(=O)c2ccc3c(c2)ncn3C)cc1. The summed E-state index contributed by atoms with van der Waals surface area (Å²) in [6.07, 6.45) is 1.75. The molecule has 0 spiro atoms. The first kappa shape index (κ1) is 16.1. The van der Waals surface area contributed by atoms with E-state index in [9.17, 15) is 4.79 Å². The van der Waals surface area contributed by atoms with Gasteiger partial charge in [-0.15, -0.1) is 0 Å². The van der Waals surface area contributed by atoms with Gasteiger partial charge in [0.15, 0.2) is 0 Å². The Morgan fingerprint density at radius 2 is 1.83 bits per heavy atom. The van der Waals surface area contributed by atoms with Gasteiger partial charge in [0.25, 0.3) is 5.91 Å². The molecule has 1 aromatic heterocycles. The van der Waals surface area contributed by atoms with Crippen molar-refractivity contribution in [2.45, 2.75) is 13.8 Å². The lowest BCUT2D eigenvalue weighted by molar-refractivity contribution is 0.102. The van der Waals surface area contributed by atoms with Crippen LogP contribution in [0.5, 0.6) is 0 Å². The number of aromatic nitrogens is 2. The molecule has 3 rings (SSSR count). The van der Waals surface area contributed by atoms with Gasteiger partial charge in [0, 0.05) is 37.1 Å². The minimum atomic E-state index is -0.127. The maximum Gasteiger partial charge on any atom is 0.255 e. The highest BCUT2D eigenvalue weighted by Crippen LogP contribution is 2.19. The summed E-state index contributed by atoms with van der Waals surface area (Å²) in [6.45, 7) is 6.19. The van der Waals surface area contributed by atoms with Gasteiger partial charge >= 0.3 is 0 Å². The number of carbonyl (C=O) groups is 1. The Morgan fingerprint density at radius 1 is 1.12 bits per heavy atom. The van der Waals surface area contributed by atoms with E-state index >= 15 is 0 Å². The molecule has 5 heteroatoms. The van der Waals surface area contributed by atoms with Crippen LogP contribution in [0, 0.1) is 0 Å². The summed E-state index contributed by atoms with van der Waals surface area (Å²) >= 11 is 0. The van der Waals surface area contributed by atoms with E-state index < -0.39 is 0 Å². The number of carbonyl (C=O) groups excluding carboxylic acids is 1. The molecule has 0 bridgehead atoms. The zero-order valence-electron chi connectivity index (χ0n) is 14.3. The third-order valence-electron chi connectivity index (χ3n) is 4.24. The van der Waals surface area contributed by atoms with Crippen molar-refractivity contribution in [3.05, 3.63) is 54.4 Å². The standard InChI is InChI=1S/C19H22N4O/c1-4-23(5-2)16-9-7-15(8-10-16)21-19(24)14-6-11-18-17(12-14)20-13-22(18)3/h6-13H,4-5H2,1-3H3,(H,21,24). The van der Waals surface area contributed by atoms with Crippen molar-refractivity contribution in [1.82, 2.24) is 9.55 Å². The van der Waals surface area contributed by atoms with E-state index in [1.54, 1.807) is 6.33 Å². The predicted molar refractivity (Wildman–Crippen MR) is 98.7 cm³/mol. The summed E-state index contributed by atoms with van der Waals surface area (Å²) in [5.41, 5.74) is 4.39. The van der Waals surface area contributed by atoms with Crippen LogP contribution < -0.4 is 10.2 Å². The molecule has 0 aliphatic heterocycles. The fraction of sp³-hybridized carbons (Fsp3) is 0.263. The fourth-order valence-corrected chi connectivity index (χ4v) is 2.82. The number of hydrogen-bond acceptors (Lipinski definition) is 3. The number of imidazole rings is 1. The van der Waals surface area contributed by atoms with Crippen molar-refractivity contribution in [3.63, 3.8) is 0 Å². The number of aryl methyl sites for hydroxylation is 1. The lowest BCUT2D eigenvalue weighted by Gasteiger charge is -2.21. The third-order valence-corrected chi connectivity index (χ3v) is 4.24.